The Kier molecular flexibility index (Phi) is 7.52. The quantitative estimate of drug-likeness (QED) is 0.147. The predicted octanol–water partition coefficient (Wildman–Crippen LogP) is 5.51. The summed E-state index contributed by atoms with van der Waals surface area (Å²) >= 11 is 0. The molecule has 0 N–H and O–H groups in total. The summed E-state index contributed by atoms with van der Waals surface area (Å²) in [7, 11) is 2.96. The third-order valence-corrected chi connectivity index (χ3v) is 6.01. The second-order valence-electron chi connectivity index (χ2n) is 8.51. The number of carbonyl (C=O) groups excluding carboxylic acids is 2. The number of fused-ring (bicyclic) bond motifs is 2. The molecule has 9 nitrogen and oxygen atoms in total. The highest BCUT2D eigenvalue weighted by molar-refractivity contribution is 6.08. The third-order valence-electron chi connectivity index (χ3n) is 6.01. The van der Waals surface area contributed by atoms with E-state index in [9.17, 15) is 14.4 Å². The summed E-state index contributed by atoms with van der Waals surface area (Å²) in [5.74, 6) is 0.805. The van der Waals surface area contributed by atoms with E-state index in [2.05, 4.69) is 0 Å². The number of furan rings is 1. The fourth-order valence-corrected chi connectivity index (χ4v) is 4.35. The van der Waals surface area contributed by atoms with Gasteiger partial charge in [-0.25, -0.2) is 4.79 Å². The molecule has 0 saturated heterocycles. The summed E-state index contributed by atoms with van der Waals surface area (Å²) in [5, 5.41) is 1.30. The number of benzene rings is 2. The molecule has 4 aromatic rings. The van der Waals surface area contributed by atoms with E-state index in [1.165, 1.54) is 40.4 Å². The minimum absolute atomic E-state index is 0.226. The molecule has 0 aliphatic carbocycles. The molecule has 37 heavy (non-hydrogen) atoms. The lowest BCUT2D eigenvalue weighted by Gasteiger charge is -2.17. The maximum atomic E-state index is 12.5. The molecule has 9 heteroatoms. The number of ketones is 2. The number of Topliss-reactive ketones (excluding diaryl/α,β-unsaturated/α-hetero) is 2. The number of unbranched alkanes of at least 4 members (excludes halogenated alkanes) is 1. The first kappa shape index (κ1) is 25.8. The normalized spacial score (nSPS) is 11.1. The van der Waals surface area contributed by atoms with Crippen LogP contribution in [0.1, 0.15) is 53.0 Å². The fourth-order valence-electron chi connectivity index (χ4n) is 4.35. The average molecular weight is 509 g/mol. The zero-order valence-corrected chi connectivity index (χ0v) is 21.4. The highest BCUT2D eigenvalue weighted by Crippen LogP contribution is 2.46. The van der Waals surface area contributed by atoms with Gasteiger partial charge in [-0.15, -0.1) is 0 Å². The molecule has 0 bridgehead atoms. The fraction of sp³-hybridized carbons (Fsp3) is 0.321. The van der Waals surface area contributed by atoms with Crippen LogP contribution < -0.4 is 24.6 Å². The Labute approximate surface area is 212 Å². The van der Waals surface area contributed by atoms with Crippen molar-refractivity contribution in [3.8, 4) is 23.0 Å². The Morgan fingerprint density at radius 2 is 1.49 bits per heavy atom. The monoisotopic (exact) mass is 508 g/mol. The Hall–Kier alpha value is -4.27. The highest BCUT2D eigenvalue weighted by atomic mass is 16.5. The highest BCUT2D eigenvalue weighted by Gasteiger charge is 2.27. The van der Waals surface area contributed by atoms with E-state index in [4.69, 9.17) is 27.8 Å². The number of rotatable bonds is 11. The molecule has 0 aliphatic rings. The van der Waals surface area contributed by atoms with Crippen molar-refractivity contribution in [1.82, 2.24) is 0 Å². The van der Waals surface area contributed by atoms with Crippen LogP contribution in [0.5, 0.6) is 23.0 Å². The summed E-state index contributed by atoms with van der Waals surface area (Å²) in [6.07, 6.45) is 2.66. The van der Waals surface area contributed by atoms with Crippen LogP contribution in [0.25, 0.3) is 21.9 Å². The molecule has 4 rings (SSSR count). The van der Waals surface area contributed by atoms with Crippen LogP contribution in [0.4, 0.5) is 0 Å². The molecule has 0 saturated carbocycles. The molecule has 0 radical (unpaired) electrons. The largest absolute Gasteiger partial charge is 0.495 e. The van der Waals surface area contributed by atoms with Crippen molar-refractivity contribution < 1.29 is 37.4 Å². The van der Waals surface area contributed by atoms with E-state index in [0.29, 0.717) is 53.1 Å². The van der Waals surface area contributed by atoms with E-state index < -0.39 is 5.63 Å². The number of aryl methyl sites for hydroxylation is 1. The van der Waals surface area contributed by atoms with Gasteiger partial charge in [0.15, 0.2) is 28.5 Å². The van der Waals surface area contributed by atoms with Crippen LogP contribution in [0.3, 0.4) is 0 Å². The van der Waals surface area contributed by atoms with Gasteiger partial charge in [0.25, 0.3) is 0 Å². The molecule has 0 spiro atoms. The van der Waals surface area contributed by atoms with Gasteiger partial charge in [0.1, 0.15) is 22.6 Å². The van der Waals surface area contributed by atoms with Crippen molar-refractivity contribution >= 4 is 33.5 Å². The number of ether oxygens (including phenoxy) is 4. The molecule has 0 unspecified atom stereocenters. The van der Waals surface area contributed by atoms with Gasteiger partial charge in [-0.3, -0.25) is 9.59 Å². The third kappa shape index (κ3) is 4.89. The number of carbonyl (C=O) groups is 2. The summed E-state index contributed by atoms with van der Waals surface area (Å²) < 4.78 is 33.8. The number of hydrogen-bond acceptors (Lipinski definition) is 9. The van der Waals surface area contributed by atoms with Crippen molar-refractivity contribution in [2.24, 2.45) is 0 Å². The Bertz CT molecular complexity index is 1540. The van der Waals surface area contributed by atoms with Gasteiger partial charge in [-0.05, 0) is 57.4 Å². The molecular formula is C28H28O9. The van der Waals surface area contributed by atoms with Gasteiger partial charge < -0.3 is 27.8 Å². The van der Waals surface area contributed by atoms with E-state index in [1.807, 2.05) is 0 Å². The van der Waals surface area contributed by atoms with E-state index in [-0.39, 0.29) is 40.6 Å². The second kappa shape index (κ2) is 10.8. The van der Waals surface area contributed by atoms with E-state index in [1.54, 1.807) is 25.1 Å². The van der Waals surface area contributed by atoms with Crippen molar-refractivity contribution in [2.75, 3.05) is 27.4 Å². The zero-order valence-electron chi connectivity index (χ0n) is 21.4. The van der Waals surface area contributed by atoms with Crippen LogP contribution in [0.15, 0.2) is 44.2 Å². The van der Waals surface area contributed by atoms with Crippen molar-refractivity contribution in [3.63, 3.8) is 0 Å². The molecule has 0 aliphatic heterocycles. The second-order valence-corrected chi connectivity index (χ2v) is 8.51. The minimum Gasteiger partial charge on any atom is -0.495 e. The van der Waals surface area contributed by atoms with E-state index >= 15 is 0 Å². The van der Waals surface area contributed by atoms with Crippen LogP contribution in [0, 0.1) is 6.92 Å². The first-order chi connectivity index (χ1) is 17.8. The summed E-state index contributed by atoms with van der Waals surface area (Å²) in [4.78, 5) is 36.7. The molecule has 0 amide bonds. The van der Waals surface area contributed by atoms with Crippen LogP contribution in [-0.2, 0) is 0 Å². The molecule has 2 aromatic carbocycles. The SMILES string of the molecule is COc1c(C(C)=O)c(OCCCCOc2ccc3c(C)cc(=O)oc3c2C(C)=O)c(OC)c2occc12. The van der Waals surface area contributed by atoms with Crippen molar-refractivity contribution in [3.05, 3.63) is 57.6 Å². The van der Waals surface area contributed by atoms with Crippen LogP contribution in [-0.4, -0.2) is 39.0 Å². The minimum atomic E-state index is -0.522. The van der Waals surface area contributed by atoms with Gasteiger partial charge in [0, 0.05) is 11.5 Å². The predicted molar refractivity (Wildman–Crippen MR) is 137 cm³/mol. The lowest BCUT2D eigenvalue weighted by atomic mass is 10.0. The van der Waals surface area contributed by atoms with Crippen LogP contribution >= 0.6 is 0 Å². The summed E-state index contributed by atoms with van der Waals surface area (Å²) in [6.45, 7) is 5.18. The average Bonchev–Trinajstić information content (AvgIpc) is 3.33. The van der Waals surface area contributed by atoms with Gasteiger partial charge in [0.2, 0.25) is 5.75 Å². The smallest absolute Gasteiger partial charge is 0.336 e. The van der Waals surface area contributed by atoms with Crippen molar-refractivity contribution in [2.45, 2.75) is 33.6 Å². The lowest BCUT2D eigenvalue weighted by Crippen LogP contribution is -2.09. The summed E-state index contributed by atoms with van der Waals surface area (Å²) in [6, 6.07) is 6.57. The molecule has 0 fully saturated rings. The Morgan fingerprint density at radius 3 is 2.14 bits per heavy atom. The first-order valence-electron chi connectivity index (χ1n) is 11.8. The molecule has 0 atom stereocenters. The Balaban J connectivity index is 1.47. The molecule has 194 valence electrons. The van der Waals surface area contributed by atoms with Crippen LogP contribution in [0.2, 0.25) is 0 Å². The molecule has 2 aromatic heterocycles. The first-order valence-corrected chi connectivity index (χ1v) is 11.8. The lowest BCUT2D eigenvalue weighted by molar-refractivity contribution is 0.0997. The zero-order chi connectivity index (χ0) is 26.7. The summed E-state index contributed by atoms with van der Waals surface area (Å²) in [5.41, 5.74) is 1.38. The van der Waals surface area contributed by atoms with Gasteiger partial charge in [-0.1, -0.05) is 0 Å². The van der Waals surface area contributed by atoms with Gasteiger partial charge in [0.05, 0.1) is 39.1 Å². The maximum Gasteiger partial charge on any atom is 0.336 e. The van der Waals surface area contributed by atoms with Gasteiger partial charge in [-0.2, -0.15) is 0 Å². The van der Waals surface area contributed by atoms with Crippen molar-refractivity contribution in [1.29, 1.82) is 0 Å². The van der Waals surface area contributed by atoms with E-state index in [0.717, 1.165) is 5.56 Å². The topological polar surface area (TPSA) is 114 Å². The number of methoxy groups -OCH3 is 2. The molecular weight excluding hydrogens is 480 g/mol. The Morgan fingerprint density at radius 1 is 0.811 bits per heavy atom. The maximum absolute atomic E-state index is 12.5. The number of hydrogen-bond donors (Lipinski definition) is 0. The molecule has 2 heterocycles. The standard InChI is InChI=1S/C28H28O9/c1-15-14-21(31)37-25-18(15)8-9-20(22(25)16(2)29)34-11-6-7-12-35-27-23(17(3)30)24(32-4)19-10-13-36-26(19)28(27)33-5/h8-10,13-14H,6-7,11-12H2,1-5H3. The van der Waals surface area contributed by atoms with Gasteiger partial charge >= 0.3 is 5.63 Å².